The molecule has 3 rings (SSSR count). The summed E-state index contributed by atoms with van der Waals surface area (Å²) in [6.45, 7) is 2.32. The van der Waals surface area contributed by atoms with Crippen molar-refractivity contribution in [1.29, 1.82) is 0 Å². The number of fused-ring (bicyclic) bond motifs is 1. The second-order valence-corrected chi connectivity index (χ2v) is 5.37. The van der Waals surface area contributed by atoms with Crippen LogP contribution in [0.1, 0.15) is 13.2 Å². The average molecular weight is 337 g/mol. The van der Waals surface area contributed by atoms with Crippen LogP contribution in [0.5, 0.6) is 0 Å². The van der Waals surface area contributed by atoms with Gasteiger partial charge in [0.25, 0.3) is 0 Å². The summed E-state index contributed by atoms with van der Waals surface area (Å²) >= 11 is 0. The van der Waals surface area contributed by atoms with E-state index in [1.165, 1.54) is 17.2 Å². The number of imidazole rings is 1. The molecule has 0 saturated carbocycles. The molecular weight excluding hydrogens is 318 g/mol. The Morgan fingerprint density at radius 2 is 2.12 bits per heavy atom. The molecule has 2 amide bonds. The summed E-state index contributed by atoms with van der Waals surface area (Å²) in [4.78, 5) is 23.5. The average Bonchev–Trinajstić information content (AvgIpc) is 3.10. The predicted octanol–water partition coefficient (Wildman–Crippen LogP) is -1.65. The summed E-state index contributed by atoms with van der Waals surface area (Å²) in [5.41, 5.74) is 6.50. The molecule has 0 aliphatic carbocycles. The van der Waals surface area contributed by atoms with Crippen molar-refractivity contribution in [3.05, 3.63) is 12.7 Å². The molecular formula is C13H19N7O4. The first-order valence-electron chi connectivity index (χ1n) is 7.49. The van der Waals surface area contributed by atoms with Gasteiger partial charge in [0.2, 0.25) is 0 Å². The Bertz CT molecular complexity index is 736. The van der Waals surface area contributed by atoms with E-state index in [1.54, 1.807) is 6.92 Å². The Balaban J connectivity index is 1.77. The summed E-state index contributed by atoms with van der Waals surface area (Å²) in [5.74, 6) is 0.209. The molecule has 130 valence electrons. The second-order valence-electron chi connectivity index (χ2n) is 5.37. The number of nitrogens with one attached hydrogen (secondary N) is 2. The third-order valence-corrected chi connectivity index (χ3v) is 3.80. The summed E-state index contributed by atoms with van der Waals surface area (Å²) < 4.78 is 7.17. The molecule has 1 aliphatic rings. The number of urea groups is 1. The molecule has 0 spiro atoms. The SMILES string of the molecule is CCNC(=O)NC[C@H]1O[C@@H](n2cnc3c(N)ncnc32)C(O)C1O. The Morgan fingerprint density at radius 1 is 1.33 bits per heavy atom. The minimum absolute atomic E-state index is 0.0459. The number of hydrogen-bond acceptors (Lipinski definition) is 8. The first-order chi connectivity index (χ1) is 11.5. The van der Waals surface area contributed by atoms with E-state index in [-0.39, 0.29) is 18.4 Å². The summed E-state index contributed by atoms with van der Waals surface area (Å²) in [7, 11) is 0. The van der Waals surface area contributed by atoms with Crippen molar-refractivity contribution in [2.75, 3.05) is 18.8 Å². The highest BCUT2D eigenvalue weighted by molar-refractivity contribution is 5.81. The first-order valence-corrected chi connectivity index (χ1v) is 7.49. The van der Waals surface area contributed by atoms with Crippen LogP contribution in [0.15, 0.2) is 12.7 Å². The fourth-order valence-corrected chi connectivity index (χ4v) is 2.60. The fraction of sp³-hybridized carbons (Fsp3) is 0.538. The van der Waals surface area contributed by atoms with Crippen LogP contribution in [0.25, 0.3) is 11.2 Å². The molecule has 2 aromatic rings. The smallest absolute Gasteiger partial charge is 0.314 e. The third kappa shape index (κ3) is 2.84. The van der Waals surface area contributed by atoms with Crippen LogP contribution in [-0.4, -0.2) is 67.2 Å². The zero-order chi connectivity index (χ0) is 17.3. The number of hydrogen-bond donors (Lipinski definition) is 5. The van der Waals surface area contributed by atoms with Crippen LogP contribution in [-0.2, 0) is 4.74 Å². The van der Waals surface area contributed by atoms with Gasteiger partial charge < -0.3 is 31.3 Å². The lowest BCUT2D eigenvalue weighted by Crippen LogP contribution is -2.43. The molecule has 1 aliphatic heterocycles. The number of nitrogen functional groups attached to an aromatic ring is 1. The Hall–Kier alpha value is -2.50. The third-order valence-electron chi connectivity index (χ3n) is 3.80. The van der Waals surface area contributed by atoms with Gasteiger partial charge in [-0.2, -0.15) is 0 Å². The molecule has 0 radical (unpaired) electrons. The van der Waals surface area contributed by atoms with Crippen LogP contribution in [0.4, 0.5) is 10.6 Å². The highest BCUT2D eigenvalue weighted by Gasteiger charge is 2.44. The van der Waals surface area contributed by atoms with E-state index in [4.69, 9.17) is 10.5 Å². The summed E-state index contributed by atoms with van der Waals surface area (Å²) in [5, 5.41) is 25.6. The molecule has 11 heteroatoms. The highest BCUT2D eigenvalue weighted by Crippen LogP contribution is 2.31. The van der Waals surface area contributed by atoms with Crippen LogP contribution in [0.3, 0.4) is 0 Å². The van der Waals surface area contributed by atoms with E-state index in [9.17, 15) is 15.0 Å². The van der Waals surface area contributed by atoms with Crippen LogP contribution >= 0.6 is 0 Å². The maximum atomic E-state index is 11.4. The number of carbonyl (C=O) groups excluding carboxylic acids is 1. The molecule has 11 nitrogen and oxygen atoms in total. The number of amides is 2. The fourth-order valence-electron chi connectivity index (χ4n) is 2.60. The number of ether oxygens (including phenoxy) is 1. The number of aromatic nitrogens is 4. The van der Waals surface area contributed by atoms with E-state index < -0.39 is 24.5 Å². The zero-order valence-electron chi connectivity index (χ0n) is 13.0. The number of aliphatic hydroxyl groups is 2. The van der Waals surface area contributed by atoms with Crippen LogP contribution < -0.4 is 16.4 Å². The Morgan fingerprint density at radius 3 is 2.88 bits per heavy atom. The van der Waals surface area contributed by atoms with Crippen LogP contribution in [0, 0.1) is 0 Å². The minimum Gasteiger partial charge on any atom is -0.387 e. The number of anilines is 1. The lowest BCUT2D eigenvalue weighted by Gasteiger charge is -2.16. The van der Waals surface area contributed by atoms with Gasteiger partial charge in [-0.05, 0) is 6.92 Å². The van der Waals surface area contributed by atoms with Crippen molar-refractivity contribution in [3.63, 3.8) is 0 Å². The lowest BCUT2D eigenvalue weighted by molar-refractivity contribution is -0.0335. The molecule has 2 unspecified atom stereocenters. The molecule has 3 heterocycles. The van der Waals surface area contributed by atoms with Gasteiger partial charge >= 0.3 is 6.03 Å². The number of aliphatic hydroxyl groups excluding tert-OH is 2. The van der Waals surface area contributed by atoms with E-state index in [0.717, 1.165) is 0 Å². The van der Waals surface area contributed by atoms with Crippen molar-refractivity contribution in [1.82, 2.24) is 30.2 Å². The molecule has 0 aromatic carbocycles. The standard InChI is InChI=1S/C13H19N7O4/c1-2-15-13(23)16-3-6-8(21)9(22)12(24-6)20-5-19-7-10(14)17-4-18-11(7)20/h4-6,8-9,12,21-22H,2-3H2,1H3,(H2,14,17,18)(H2,15,16,23)/t6-,8?,9?,12-/m1/s1. The van der Waals surface area contributed by atoms with Crippen LogP contribution in [0.2, 0.25) is 0 Å². The summed E-state index contributed by atoms with van der Waals surface area (Å²) in [6.07, 6.45) is -1.37. The van der Waals surface area contributed by atoms with Gasteiger partial charge in [0.15, 0.2) is 17.7 Å². The Kier molecular flexibility index (Phi) is 4.46. The monoisotopic (exact) mass is 337 g/mol. The minimum atomic E-state index is -1.21. The summed E-state index contributed by atoms with van der Waals surface area (Å²) in [6, 6.07) is -0.375. The molecule has 4 atom stereocenters. The highest BCUT2D eigenvalue weighted by atomic mass is 16.6. The second kappa shape index (κ2) is 6.55. The quantitative estimate of drug-likeness (QED) is 0.443. The molecule has 1 saturated heterocycles. The number of rotatable bonds is 4. The Labute approximate surface area is 136 Å². The van der Waals surface area contributed by atoms with E-state index >= 15 is 0 Å². The number of carbonyl (C=O) groups is 1. The zero-order valence-corrected chi connectivity index (χ0v) is 13.0. The maximum Gasteiger partial charge on any atom is 0.314 e. The van der Waals surface area contributed by atoms with Crippen molar-refractivity contribution in [2.45, 2.75) is 31.5 Å². The molecule has 24 heavy (non-hydrogen) atoms. The van der Waals surface area contributed by atoms with Gasteiger partial charge in [-0.1, -0.05) is 0 Å². The van der Waals surface area contributed by atoms with E-state index in [1.807, 2.05) is 0 Å². The molecule has 6 N–H and O–H groups in total. The van der Waals surface area contributed by atoms with Gasteiger partial charge in [-0.15, -0.1) is 0 Å². The van der Waals surface area contributed by atoms with Gasteiger partial charge in [0.05, 0.1) is 6.33 Å². The topological polar surface area (TPSA) is 160 Å². The van der Waals surface area contributed by atoms with Gasteiger partial charge in [0.1, 0.15) is 30.2 Å². The van der Waals surface area contributed by atoms with Crippen molar-refractivity contribution in [3.8, 4) is 0 Å². The number of nitrogens with zero attached hydrogens (tertiary/aromatic N) is 4. The molecule has 2 aromatic heterocycles. The van der Waals surface area contributed by atoms with Gasteiger partial charge in [-0.3, -0.25) is 4.57 Å². The van der Waals surface area contributed by atoms with Crippen molar-refractivity contribution >= 4 is 23.0 Å². The molecule has 0 bridgehead atoms. The van der Waals surface area contributed by atoms with E-state index in [0.29, 0.717) is 17.7 Å². The van der Waals surface area contributed by atoms with E-state index in [2.05, 4.69) is 25.6 Å². The van der Waals surface area contributed by atoms with Gasteiger partial charge in [-0.25, -0.2) is 19.7 Å². The van der Waals surface area contributed by atoms with Gasteiger partial charge in [0, 0.05) is 13.1 Å². The first kappa shape index (κ1) is 16.4. The lowest BCUT2D eigenvalue weighted by atomic mass is 10.1. The maximum absolute atomic E-state index is 11.4. The number of nitrogens with two attached hydrogens (primary N) is 1. The van der Waals surface area contributed by atoms with Crippen molar-refractivity contribution in [2.24, 2.45) is 0 Å². The largest absolute Gasteiger partial charge is 0.387 e. The normalized spacial score (nSPS) is 26.6. The predicted molar refractivity (Wildman–Crippen MR) is 82.7 cm³/mol. The van der Waals surface area contributed by atoms with Crippen molar-refractivity contribution < 1.29 is 19.7 Å². The molecule has 1 fully saturated rings.